The molecule has 0 spiro atoms. The number of nitrogens with zero attached hydrogens (tertiary/aromatic N) is 2. The molecule has 0 unspecified atom stereocenters. The second kappa shape index (κ2) is 31.2. The Morgan fingerprint density at radius 2 is 1.71 bits per heavy atom. The zero-order valence-corrected chi connectivity index (χ0v) is 53.7. The molecule has 85 heavy (non-hydrogen) atoms. The Kier molecular flexibility index (Phi) is 25.1. The Labute approximate surface area is 519 Å². The Morgan fingerprint density at radius 3 is 2.40 bits per heavy atom. The van der Waals surface area contributed by atoms with E-state index >= 15 is 0 Å². The van der Waals surface area contributed by atoms with E-state index in [1.54, 1.807) is 56.5 Å². The second-order valence-corrected chi connectivity index (χ2v) is 25.0. The molecule has 20 nitrogen and oxygen atoms in total. The monoisotopic (exact) mass is 1330 g/mol. The summed E-state index contributed by atoms with van der Waals surface area (Å²) in [6.07, 6.45) is 3.51. The number of amides is 6. The number of hydrogen-bond donors (Lipinski definition) is 6. The summed E-state index contributed by atoms with van der Waals surface area (Å²) >= 11 is 13.6. The van der Waals surface area contributed by atoms with Gasteiger partial charge in [-0.2, -0.15) is 0 Å². The molecule has 464 valence electrons. The van der Waals surface area contributed by atoms with Gasteiger partial charge in [-0.25, -0.2) is 9.59 Å². The molecule has 6 rings (SSSR count). The third-order valence-corrected chi connectivity index (χ3v) is 18.3. The van der Waals surface area contributed by atoms with Crippen molar-refractivity contribution in [2.45, 2.75) is 160 Å². The summed E-state index contributed by atoms with van der Waals surface area (Å²) < 4.78 is 24.1. The number of benzene rings is 2. The van der Waals surface area contributed by atoms with Crippen molar-refractivity contribution in [1.29, 1.82) is 0 Å². The highest BCUT2D eigenvalue weighted by molar-refractivity contribution is 9.09. The van der Waals surface area contributed by atoms with Crippen LogP contribution in [0.1, 0.15) is 116 Å². The third kappa shape index (κ3) is 18.9. The van der Waals surface area contributed by atoms with Crippen LogP contribution in [-0.2, 0) is 60.6 Å². The number of primary amides is 1. The average molecular weight is 1330 g/mol. The van der Waals surface area contributed by atoms with Crippen LogP contribution in [0.25, 0.3) is 10.9 Å². The summed E-state index contributed by atoms with van der Waals surface area (Å²) in [5, 5.41) is 25.2. The number of carbonyl (C=O) groups is 8. The third-order valence-electron chi connectivity index (χ3n) is 16.2. The van der Waals surface area contributed by atoms with Crippen molar-refractivity contribution in [1.82, 2.24) is 20.9 Å². The number of epoxide rings is 1. The van der Waals surface area contributed by atoms with Gasteiger partial charge in [0.05, 0.1) is 53.6 Å². The summed E-state index contributed by atoms with van der Waals surface area (Å²) in [5.74, 6) is -3.54. The predicted molar refractivity (Wildman–Crippen MR) is 332 cm³/mol. The van der Waals surface area contributed by atoms with E-state index in [2.05, 4.69) is 53.1 Å². The normalized spacial score (nSPS) is 24.3. The number of allylic oxidation sites excluding steroid dienone is 3. The van der Waals surface area contributed by atoms with Crippen molar-refractivity contribution in [3.05, 3.63) is 88.1 Å². The van der Waals surface area contributed by atoms with E-state index < -0.39 is 83.4 Å². The van der Waals surface area contributed by atoms with Crippen molar-refractivity contribution in [2.75, 3.05) is 48.1 Å². The molecule has 6 amide bonds. The number of fused-ring (bicyclic) bond motifs is 6. The van der Waals surface area contributed by atoms with Crippen molar-refractivity contribution < 1.29 is 62.4 Å². The summed E-state index contributed by atoms with van der Waals surface area (Å²) in [6, 6.07) is 10.4. The molecule has 2 aromatic carbocycles. The van der Waals surface area contributed by atoms with Crippen LogP contribution in [-0.4, -0.2) is 137 Å². The van der Waals surface area contributed by atoms with Gasteiger partial charge in [-0.15, -0.1) is 0 Å². The summed E-state index contributed by atoms with van der Waals surface area (Å²) in [6.45, 7) is 11.7. The number of aryl methyl sites for hydroxylation is 1. The Hall–Kier alpha value is -5.78. The molecular weight excluding hydrogens is 1250 g/mol. The highest BCUT2D eigenvalue weighted by atomic mass is 79.9. The topological polar surface area (TPSA) is 287 Å². The maximum absolute atomic E-state index is 14.4. The zero-order valence-electron chi connectivity index (χ0n) is 49.7. The molecule has 7 N–H and O–H groups in total. The number of carbonyl (C=O) groups excluding carboxylic acids is 8. The highest BCUT2D eigenvalue weighted by Gasteiger charge is 2.64. The lowest BCUT2D eigenvalue weighted by Gasteiger charge is -2.41. The van der Waals surface area contributed by atoms with Crippen molar-refractivity contribution in [3.63, 3.8) is 0 Å². The van der Waals surface area contributed by atoms with Crippen molar-refractivity contribution in [3.8, 4) is 0 Å². The molecule has 2 saturated heterocycles. The van der Waals surface area contributed by atoms with Gasteiger partial charge in [-0.1, -0.05) is 107 Å². The smallest absolute Gasteiger partial charge is 0.412 e. The number of ether oxygens (including phenoxy) is 4. The van der Waals surface area contributed by atoms with Crippen LogP contribution in [0.2, 0.25) is 5.02 Å². The van der Waals surface area contributed by atoms with Gasteiger partial charge in [0, 0.05) is 85.8 Å². The van der Waals surface area contributed by atoms with Gasteiger partial charge in [-0.05, 0) is 100 Å². The summed E-state index contributed by atoms with van der Waals surface area (Å²) in [7, 11) is 3.07. The number of unbranched alkanes of at least 4 members (excludes halogenated alkanes) is 2. The lowest BCUT2D eigenvalue weighted by molar-refractivity contribution is -0.187. The average Bonchev–Trinajstić information content (AvgIpc) is 1.78. The van der Waals surface area contributed by atoms with Crippen LogP contribution < -0.4 is 31.9 Å². The van der Waals surface area contributed by atoms with Gasteiger partial charge in [0.2, 0.25) is 17.7 Å². The largest absolute Gasteiger partial charge is 0.462 e. The maximum atomic E-state index is 14.4. The number of esters is 1. The molecule has 4 heterocycles. The lowest BCUT2D eigenvalue weighted by Crippen LogP contribution is -2.53. The number of hydrogen-bond acceptors (Lipinski definition) is 14. The fourth-order valence-corrected chi connectivity index (χ4v) is 13.0. The van der Waals surface area contributed by atoms with Gasteiger partial charge in [0.1, 0.15) is 35.3 Å². The number of Topliss-reactive ketones (excluding diaryl/α,β-unsaturated/α-hetero) is 2. The van der Waals surface area contributed by atoms with E-state index in [0.29, 0.717) is 75.9 Å². The molecule has 3 aliphatic heterocycles. The fraction of sp³-hybridized carbons (Fsp3) is 0.565. The Balaban J connectivity index is 1.15. The Morgan fingerprint density at radius 1 is 0.976 bits per heavy atom. The number of aliphatic hydroxyl groups is 1. The number of methoxy groups -OCH3 is 1. The lowest BCUT2D eigenvalue weighted by atomic mass is 9.78. The number of alkyl halides is 2. The van der Waals surface area contributed by atoms with Crippen LogP contribution in [0.4, 0.5) is 21.0 Å². The number of rotatable bonds is 24. The minimum Gasteiger partial charge on any atom is -0.462 e. The maximum Gasteiger partial charge on any atom is 0.412 e. The first kappa shape index (κ1) is 68.3. The van der Waals surface area contributed by atoms with Gasteiger partial charge in [0.15, 0.2) is 5.78 Å². The number of urea groups is 1. The van der Waals surface area contributed by atoms with E-state index in [-0.39, 0.29) is 80.8 Å². The van der Waals surface area contributed by atoms with E-state index in [4.69, 9.17) is 41.3 Å². The SMILES string of the molecule is CO[C@@H]1/C=C/C=C(\C)Cc2cc(C)c(Cl)c(c2)N(C)C(=O)C[C@H](OC(=O)Nc2ccc3nc(CC(=O)[C@H](CCCNC(N)=O)NC(=O)[C@@H](CC(=O)CCCCCNC(=O)C(CBr)CBr)C(C)C)ccc3c2)[C@]2(C)O[C@H]2[C@H](C)[C@@H]2C[C@@]1(O)CC(=O)O2. The number of pyridine rings is 1. The summed E-state index contributed by atoms with van der Waals surface area (Å²) in [5.41, 5.74) is 6.71. The van der Waals surface area contributed by atoms with Gasteiger partial charge < -0.3 is 50.6 Å². The van der Waals surface area contributed by atoms with Crippen LogP contribution >= 0.6 is 43.5 Å². The van der Waals surface area contributed by atoms with E-state index in [1.807, 2.05) is 52.8 Å². The number of ketones is 2. The van der Waals surface area contributed by atoms with E-state index in [9.17, 15) is 43.5 Å². The predicted octanol–water partition coefficient (Wildman–Crippen LogP) is 8.83. The first-order valence-corrected chi connectivity index (χ1v) is 31.6. The Bertz CT molecular complexity index is 3000. The molecule has 0 aliphatic carbocycles. The van der Waals surface area contributed by atoms with Gasteiger partial charge in [0.25, 0.3) is 0 Å². The number of nitrogens with two attached hydrogens (primary N) is 1. The number of aromatic nitrogens is 1. The number of halogens is 3. The second-order valence-electron chi connectivity index (χ2n) is 23.3. The molecule has 23 heteroatoms. The molecule has 9 atom stereocenters. The van der Waals surface area contributed by atoms with Gasteiger partial charge in [-0.3, -0.25) is 39.1 Å². The molecule has 2 fully saturated rings. The van der Waals surface area contributed by atoms with E-state index in [1.165, 1.54) is 12.0 Å². The molecule has 3 aromatic rings. The molecule has 3 aliphatic rings. The first-order chi connectivity index (χ1) is 40.3. The summed E-state index contributed by atoms with van der Waals surface area (Å²) in [4.78, 5) is 113. The van der Waals surface area contributed by atoms with Crippen LogP contribution in [0.5, 0.6) is 0 Å². The molecule has 0 radical (unpaired) electrons. The van der Waals surface area contributed by atoms with Gasteiger partial charge >= 0.3 is 18.1 Å². The highest BCUT2D eigenvalue weighted by Crippen LogP contribution is 2.50. The first-order valence-electron chi connectivity index (χ1n) is 29.0. The quantitative estimate of drug-likeness (QED) is 0.0212. The molecule has 4 bridgehead atoms. The minimum absolute atomic E-state index is 0.000495. The van der Waals surface area contributed by atoms with E-state index in [0.717, 1.165) is 23.1 Å². The van der Waals surface area contributed by atoms with Crippen molar-refractivity contribution in [2.24, 2.45) is 29.4 Å². The van der Waals surface area contributed by atoms with Crippen LogP contribution in [0.3, 0.4) is 0 Å². The standard InChI is InChI=1S/C62H82Br2ClN7O13/c1-35(2)45(29-44(73)15-10-9-11-22-67-57(77)41(33-63)34-64)58(78)71-47(16-13-23-68-59(66)79)49(74)28-43-19-18-40-27-42(20-21-46(40)69-43)70-60(80)84-52-30-53(75)72(7)48-26-39(25-37(4)55(48)65)24-36(3)14-12-17-51(82-8)62(81)31-50(83-54(76)32-62)38(5)56-61(52,6)85-56/h12,14,17-21,25-27,35,38,41,45,47,50-52,56,81H,9-11,13,15-16,22-24,28-34H2,1-8H3,(H,67,77)(H,70,80)(H,71,78)(H3,66,68,79)/b17-12+,36-14+/t38-,45+,47+,50+,51-,52+,56+,61+,62-/m1/s1. The minimum atomic E-state index is -1.62. The molecule has 1 aromatic heterocycles. The zero-order chi connectivity index (χ0) is 62.3. The van der Waals surface area contributed by atoms with Crippen molar-refractivity contribution >= 4 is 113 Å². The number of nitrogens with one attached hydrogen (secondary N) is 4. The fourth-order valence-electron chi connectivity index (χ4n) is 11.1. The molecular formula is C62H82Br2ClN7O13. The number of anilines is 2. The van der Waals surface area contributed by atoms with Crippen LogP contribution in [0.15, 0.2) is 66.3 Å². The van der Waals surface area contributed by atoms with Crippen LogP contribution in [0, 0.1) is 30.6 Å². The molecule has 0 saturated carbocycles.